The number of alkyl halides is 6. The summed E-state index contributed by atoms with van der Waals surface area (Å²) in [5.74, 6) is -1.06. The zero-order valence-electron chi connectivity index (χ0n) is 21.2. The molecule has 0 spiro atoms. The molecule has 0 saturated carbocycles. The van der Waals surface area contributed by atoms with Gasteiger partial charge in [0.2, 0.25) is 0 Å². The molecule has 1 fully saturated rings. The fourth-order valence-corrected chi connectivity index (χ4v) is 4.41. The molecule has 0 aliphatic carbocycles. The summed E-state index contributed by atoms with van der Waals surface area (Å²) in [6.45, 7) is 1.54. The standard InChI is InChI=1S/C28H26F6N4O2/c29-27(30,31)20-9-7-19(8-10-20)4-3-13-35-25(39)24-12-11-21(18-36-24)37-14-16-38(17-15-37)26(40)22-5-1-2-6-23(22)28(32,33)34/h1-2,5-12,18H,3-4,13-17H2,(H,35,39). The summed E-state index contributed by atoms with van der Waals surface area (Å²) in [7, 11) is 0. The summed E-state index contributed by atoms with van der Waals surface area (Å²) in [5.41, 5.74) is -0.408. The highest BCUT2D eigenvalue weighted by molar-refractivity contribution is 5.96. The molecule has 1 aromatic heterocycles. The molecule has 1 aliphatic rings. The number of anilines is 1. The van der Waals surface area contributed by atoms with Crippen LogP contribution < -0.4 is 10.2 Å². The molecule has 4 rings (SSSR count). The molecule has 40 heavy (non-hydrogen) atoms. The lowest BCUT2D eigenvalue weighted by Gasteiger charge is -2.36. The number of rotatable bonds is 7. The Labute approximate surface area is 226 Å². The second-order valence-electron chi connectivity index (χ2n) is 9.28. The molecular formula is C28H26F6N4O2. The van der Waals surface area contributed by atoms with Crippen molar-refractivity contribution in [1.82, 2.24) is 15.2 Å². The summed E-state index contributed by atoms with van der Waals surface area (Å²) < 4.78 is 77.9. The fourth-order valence-electron chi connectivity index (χ4n) is 4.41. The van der Waals surface area contributed by atoms with Crippen LogP contribution in [-0.2, 0) is 18.8 Å². The Kier molecular flexibility index (Phi) is 8.65. The van der Waals surface area contributed by atoms with Gasteiger partial charge in [0, 0.05) is 32.7 Å². The molecular weight excluding hydrogens is 538 g/mol. The van der Waals surface area contributed by atoms with Crippen molar-refractivity contribution < 1.29 is 35.9 Å². The molecule has 0 bridgehead atoms. The number of benzene rings is 2. The smallest absolute Gasteiger partial charge is 0.367 e. The van der Waals surface area contributed by atoms with Gasteiger partial charge in [0.1, 0.15) is 5.69 Å². The van der Waals surface area contributed by atoms with Gasteiger partial charge >= 0.3 is 12.4 Å². The maximum atomic E-state index is 13.3. The van der Waals surface area contributed by atoms with Crippen molar-refractivity contribution in [3.63, 3.8) is 0 Å². The minimum Gasteiger partial charge on any atom is -0.367 e. The Balaban J connectivity index is 1.24. The topological polar surface area (TPSA) is 65.5 Å². The van der Waals surface area contributed by atoms with Crippen molar-refractivity contribution in [3.8, 4) is 0 Å². The molecule has 2 amide bonds. The third-order valence-electron chi connectivity index (χ3n) is 6.58. The van der Waals surface area contributed by atoms with Gasteiger partial charge in [0.05, 0.1) is 28.6 Å². The zero-order valence-corrected chi connectivity index (χ0v) is 21.2. The minimum absolute atomic E-state index is 0.191. The van der Waals surface area contributed by atoms with E-state index >= 15 is 0 Å². The summed E-state index contributed by atoms with van der Waals surface area (Å²) in [6.07, 6.45) is -6.45. The highest BCUT2D eigenvalue weighted by Gasteiger charge is 2.36. The number of hydrogen-bond acceptors (Lipinski definition) is 4. The van der Waals surface area contributed by atoms with Crippen LogP contribution in [0.4, 0.5) is 32.0 Å². The second kappa shape index (κ2) is 12.0. The molecule has 212 valence electrons. The number of nitrogens with one attached hydrogen (secondary N) is 1. The van der Waals surface area contributed by atoms with Crippen molar-refractivity contribution in [1.29, 1.82) is 0 Å². The van der Waals surface area contributed by atoms with Gasteiger partial charge in [-0.2, -0.15) is 26.3 Å². The first-order valence-electron chi connectivity index (χ1n) is 12.5. The van der Waals surface area contributed by atoms with E-state index in [0.717, 1.165) is 23.8 Å². The molecule has 6 nitrogen and oxygen atoms in total. The van der Waals surface area contributed by atoms with Crippen molar-refractivity contribution in [2.24, 2.45) is 0 Å². The van der Waals surface area contributed by atoms with Gasteiger partial charge < -0.3 is 15.1 Å². The van der Waals surface area contributed by atoms with E-state index in [4.69, 9.17) is 0 Å². The first-order chi connectivity index (χ1) is 18.9. The van der Waals surface area contributed by atoms with Crippen LogP contribution in [-0.4, -0.2) is 54.4 Å². The Bertz CT molecular complexity index is 1320. The monoisotopic (exact) mass is 564 g/mol. The number of aromatic nitrogens is 1. The fraction of sp³-hybridized carbons (Fsp3) is 0.321. The first kappa shape index (κ1) is 28.9. The lowest BCUT2D eigenvalue weighted by molar-refractivity contribution is -0.138. The van der Waals surface area contributed by atoms with E-state index < -0.39 is 35.3 Å². The first-order valence-corrected chi connectivity index (χ1v) is 12.5. The highest BCUT2D eigenvalue weighted by Crippen LogP contribution is 2.33. The van der Waals surface area contributed by atoms with Crippen molar-refractivity contribution in [2.45, 2.75) is 25.2 Å². The molecule has 3 aromatic rings. The SMILES string of the molecule is O=C(NCCCc1ccc(C(F)(F)F)cc1)c1ccc(N2CCN(C(=O)c3ccccc3C(F)(F)F)CC2)cn1. The van der Waals surface area contributed by atoms with Crippen LogP contribution in [0.5, 0.6) is 0 Å². The average Bonchev–Trinajstić information content (AvgIpc) is 2.94. The number of halogens is 6. The number of aryl methyl sites for hydroxylation is 1. The molecule has 2 heterocycles. The lowest BCUT2D eigenvalue weighted by atomic mass is 10.1. The number of pyridine rings is 1. The van der Waals surface area contributed by atoms with Crippen LogP contribution >= 0.6 is 0 Å². The normalized spacial score (nSPS) is 14.2. The van der Waals surface area contributed by atoms with Gasteiger partial charge in [0.15, 0.2) is 0 Å². The predicted octanol–water partition coefficient (Wildman–Crippen LogP) is 5.44. The largest absolute Gasteiger partial charge is 0.417 e. The second-order valence-corrected chi connectivity index (χ2v) is 9.28. The number of carbonyl (C=O) groups excluding carboxylic acids is 2. The highest BCUT2D eigenvalue weighted by atomic mass is 19.4. The van der Waals surface area contributed by atoms with E-state index in [2.05, 4.69) is 10.3 Å². The van der Waals surface area contributed by atoms with Gasteiger partial charge in [-0.1, -0.05) is 24.3 Å². The molecule has 0 radical (unpaired) electrons. The number of nitrogens with zero attached hydrogens (tertiary/aromatic N) is 3. The minimum atomic E-state index is -4.63. The molecule has 0 atom stereocenters. The van der Waals surface area contributed by atoms with E-state index in [1.807, 2.05) is 4.90 Å². The van der Waals surface area contributed by atoms with E-state index in [1.165, 1.54) is 41.4 Å². The molecule has 12 heteroatoms. The maximum absolute atomic E-state index is 13.3. The number of piperazine rings is 1. The summed E-state index contributed by atoms with van der Waals surface area (Å²) in [4.78, 5) is 32.7. The predicted molar refractivity (Wildman–Crippen MR) is 136 cm³/mol. The Morgan fingerprint density at radius 2 is 1.50 bits per heavy atom. The van der Waals surface area contributed by atoms with E-state index in [0.29, 0.717) is 38.2 Å². The third-order valence-corrected chi connectivity index (χ3v) is 6.58. The van der Waals surface area contributed by atoms with Crippen molar-refractivity contribution >= 4 is 17.5 Å². The molecule has 1 saturated heterocycles. The van der Waals surface area contributed by atoms with Gasteiger partial charge in [-0.3, -0.25) is 9.59 Å². The molecule has 1 N–H and O–H groups in total. The van der Waals surface area contributed by atoms with E-state index in [1.54, 1.807) is 12.1 Å². The lowest BCUT2D eigenvalue weighted by Crippen LogP contribution is -2.49. The van der Waals surface area contributed by atoms with Crippen molar-refractivity contribution in [2.75, 3.05) is 37.6 Å². The summed E-state index contributed by atoms with van der Waals surface area (Å²) in [5, 5.41) is 2.73. The Hall–Kier alpha value is -4.09. The van der Waals surface area contributed by atoms with Crippen LogP contribution in [0.25, 0.3) is 0 Å². The average molecular weight is 565 g/mol. The van der Waals surface area contributed by atoms with Gasteiger partial charge in [-0.25, -0.2) is 4.98 Å². The van der Waals surface area contributed by atoms with Crippen LogP contribution in [0.15, 0.2) is 66.9 Å². The summed E-state index contributed by atoms with van der Waals surface area (Å²) in [6, 6.07) is 12.9. The van der Waals surface area contributed by atoms with Gasteiger partial charge in [0.25, 0.3) is 11.8 Å². The quantitative estimate of drug-likeness (QED) is 0.307. The van der Waals surface area contributed by atoms with E-state index in [-0.39, 0.29) is 24.3 Å². The van der Waals surface area contributed by atoms with Crippen LogP contribution in [0.2, 0.25) is 0 Å². The van der Waals surface area contributed by atoms with Crippen molar-refractivity contribution in [3.05, 3.63) is 94.8 Å². The molecule has 0 unspecified atom stereocenters. The van der Waals surface area contributed by atoms with Gasteiger partial charge in [-0.15, -0.1) is 0 Å². The van der Waals surface area contributed by atoms with E-state index in [9.17, 15) is 35.9 Å². The maximum Gasteiger partial charge on any atom is 0.417 e. The Morgan fingerprint density at radius 3 is 2.10 bits per heavy atom. The number of hydrogen-bond donors (Lipinski definition) is 1. The molecule has 1 aliphatic heterocycles. The van der Waals surface area contributed by atoms with Crippen LogP contribution in [0.1, 0.15) is 44.0 Å². The number of amides is 2. The zero-order chi connectivity index (χ0) is 28.9. The molecule has 2 aromatic carbocycles. The Morgan fingerprint density at radius 1 is 0.825 bits per heavy atom. The van der Waals surface area contributed by atoms with Gasteiger partial charge in [-0.05, 0) is 54.8 Å². The summed E-state index contributed by atoms with van der Waals surface area (Å²) >= 11 is 0. The number of carbonyl (C=O) groups is 2. The van der Waals surface area contributed by atoms with Crippen LogP contribution in [0.3, 0.4) is 0 Å². The van der Waals surface area contributed by atoms with Crippen LogP contribution in [0, 0.1) is 0 Å². The third kappa shape index (κ3) is 7.10.